The minimum Gasteiger partial charge on any atom is -0.326 e. The third kappa shape index (κ3) is 5.36. The molecule has 2 N–H and O–H groups in total. The van der Waals surface area contributed by atoms with Crippen molar-refractivity contribution >= 4 is 23.4 Å². The van der Waals surface area contributed by atoms with Crippen LogP contribution in [0, 0.1) is 5.92 Å². The number of carbonyl (C=O) groups is 1. The molecule has 2 rings (SSSR count). The molecule has 1 amide bonds. The van der Waals surface area contributed by atoms with E-state index in [9.17, 15) is 4.79 Å². The lowest BCUT2D eigenvalue weighted by Gasteiger charge is -2.13. The molecule has 116 valence electrons. The minimum atomic E-state index is -0.0217. The maximum atomic E-state index is 12.0. The van der Waals surface area contributed by atoms with Crippen LogP contribution in [0.4, 0.5) is 5.69 Å². The van der Waals surface area contributed by atoms with Crippen LogP contribution in [0.1, 0.15) is 38.2 Å². The smallest absolute Gasteiger partial charge is 0.228 e. The molecular formula is C17H26N2OS. The fraction of sp³-hybridized carbons (Fsp3) is 0.588. The molecule has 1 fully saturated rings. The summed E-state index contributed by atoms with van der Waals surface area (Å²) in [6.45, 7) is 2.63. The van der Waals surface area contributed by atoms with Gasteiger partial charge in [-0.15, -0.1) is 0 Å². The molecule has 0 bridgehead atoms. The van der Waals surface area contributed by atoms with E-state index in [4.69, 9.17) is 0 Å². The van der Waals surface area contributed by atoms with Crippen LogP contribution in [-0.4, -0.2) is 24.7 Å². The topological polar surface area (TPSA) is 41.1 Å². The van der Waals surface area contributed by atoms with Crippen molar-refractivity contribution in [3.63, 3.8) is 0 Å². The van der Waals surface area contributed by atoms with E-state index in [1.54, 1.807) is 0 Å². The monoisotopic (exact) mass is 306 g/mol. The van der Waals surface area contributed by atoms with Crippen molar-refractivity contribution in [2.45, 2.75) is 43.6 Å². The van der Waals surface area contributed by atoms with Crippen molar-refractivity contribution in [1.82, 2.24) is 5.32 Å². The molecule has 1 saturated carbocycles. The number of amides is 1. The summed E-state index contributed by atoms with van der Waals surface area (Å²) in [7, 11) is 1.87. The highest BCUT2D eigenvalue weighted by atomic mass is 32.2. The minimum absolute atomic E-state index is 0.0217. The first kappa shape index (κ1) is 16.4. The van der Waals surface area contributed by atoms with E-state index < -0.39 is 0 Å². The van der Waals surface area contributed by atoms with E-state index in [2.05, 4.69) is 34.5 Å². The number of anilines is 1. The van der Waals surface area contributed by atoms with Gasteiger partial charge >= 0.3 is 0 Å². The molecule has 0 aromatic heterocycles. The van der Waals surface area contributed by atoms with Crippen LogP contribution in [0.3, 0.4) is 0 Å². The van der Waals surface area contributed by atoms with Crippen molar-refractivity contribution in [1.29, 1.82) is 0 Å². The van der Waals surface area contributed by atoms with E-state index >= 15 is 0 Å². The average Bonchev–Trinajstić information content (AvgIpc) is 2.99. The Balaban J connectivity index is 1.86. The molecule has 0 radical (unpaired) electrons. The van der Waals surface area contributed by atoms with Crippen molar-refractivity contribution in [3.8, 4) is 0 Å². The predicted molar refractivity (Wildman–Crippen MR) is 91.7 cm³/mol. The molecule has 0 heterocycles. The van der Waals surface area contributed by atoms with Gasteiger partial charge in [0.15, 0.2) is 0 Å². The van der Waals surface area contributed by atoms with Crippen molar-refractivity contribution in [2.75, 3.05) is 18.9 Å². The molecule has 0 spiro atoms. The van der Waals surface area contributed by atoms with Gasteiger partial charge in [0.1, 0.15) is 0 Å². The molecule has 1 atom stereocenters. The van der Waals surface area contributed by atoms with E-state index in [1.165, 1.54) is 31.2 Å². The number of nitrogens with one attached hydrogen (secondary N) is 2. The van der Waals surface area contributed by atoms with Gasteiger partial charge in [-0.2, -0.15) is 11.8 Å². The lowest BCUT2D eigenvalue weighted by molar-refractivity contribution is -0.119. The van der Waals surface area contributed by atoms with Gasteiger partial charge < -0.3 is 10.6 Å². The van der Waals surface area contributed by atoms with E-state index in [1.807, 2.05) is 26.1 Å². The normalized spacial score (nSPS) is 16.9. The Kier molecular flexibility index (Phi) is 6.58. The van der Waals surface area contributed by atoms with E-state index in [0.29, 0.717) is 6.54 Å². The van der Waals surface area contributed by atoms with E-state index in [-0.39, 0.29) is 11.8 Å². The average molecular weight is 306 g/mol. The van der Waals surface area contributed by atoms with Gasteiger partial charge in [0.2, 0.25) is 5.91 Å². The van der Waals surface area contributed by atoms with Crippen LogP contribution in [0.15, 0.2) is 24.3 Å². The summed E-state index contributed by atoms with van der Waals surface area (Å²) in [5, 5.41) is 6.87. The second-order valence-corrected chi connectivity index (χ2v) is 7.15. The van der Waals surface area contributed by atoms with Gasteiger partial charge in [0.25, 0.3) is 0 Å². The fourth-order valence-corrected chi connectivity index (χ4v) is 3.95. The summed E-state index contributed by atoms with van der Waals surface area (Å²) in [5.41, 5.74) is 2.21. The van der Waals surface area contributed by atoms with Crippen LogP contribution in [0.5, 0.6) is 0 Å². The number of rotatable bonds is 7. The maximum absolute atomic E-state index is 12.0. The lowest BCUT2D eigenvalue weighted by Crippen LogP contribution is -2.28. The Morgan fingerprint density at radius 2 is 2.14 bits per heavy atom. The largest absolute Gasteiger partial charge is 0.326 e. The fourth-order valence-electron chi connectivity index (χ4n) is 2.67. The molecule has 0 aliphatic heterocycles. The second-order valence-electron chi connectivity index (χ2n) is 5.87. The number of carbonyl (C=O) groups excluding carboxylic acids is 1. The van der Waals surface area contributed by atoms with Crippen molar-refractivity contribution in [2.24, 2.45) is 5.92 Å². The lowest BCUT2D eigenvalue weighted by atomic mass is 10.1. The van der Waals surface area contributed by atoms with Crippen LogP contribution in [0.25, 0.3) is 0 Å². The Morgan fingerprint density at radius 1 is 1.38 bits per heavy atom. The van der Waals surface area contributed by atoms with E-state index in [0.717, 1.165) is 16.7 Å². The third-order valence-electron chi connectivity index (χ3n) is 3.94. The summed E-state index contributed by atoms with van der Waals surface area (Å²) < 4.78 is 0. The first-order valence-electron chi connectivity index (χ1n) is 7.85. The zero-order valence-electron chi connectivity index (χ0n) is 13.0. The summed E-state index contributed by atoms with van der Waals surface area (Å²) in [5.74, 6) is 1.09. The van der Waals surface area contributed by atoms with Crippen LogP contribution < -0.4 is 10.6 Å². The number of hydrogen-bond acceptors (Lipinski definition) is 3. The molecule has 1 aliphatic rings. The SMILES string of the molecule is CNCC(C)C(=O)Nc1cccc(CSC2CCCC2)c1. The molecule has 4 heteroatoms. The highest BCUT2D eigenvalue weighted by Gasteiger charge is 2.15. The van der Waals surface area contributed by atoms with Crippen molar-refractivity contribution in [3.05, 3.63) is 29.8 Å². The Hall–Kier alpha value is -1.00. The Labute approximate surface area is 132 Å². The van der Waals surface area contributed by atoms with Crippen molar-refractivity contribution < 1.29 is 4.79 Å². The van der Waals surface area contributed by atoms with Crippen LogP contribution in [0.2, 0.25) is 0 Å². The molecular weight excluding hydrogens is 280 g/mol. The Bertz CT molecular complexity index is 458. The standard InChI is InChI=1S/C17H26N2OS/c1-13(11-18-2)17(20)19-15-7-5-6-14(10-15)12-21-16-8-3-4-9-16/h5-7,10,13,16,18H,3-4,8-9,11-12H2,1-2H3,(H,19,20). The second kappa shape index (κ2) is 8.44. The molecule has 1 aromatic carbocycles. The summed E-state index contributed by atoms with van der Waals surface area (Å²) >= 11 is 2.06. The highest BCUT2D eigenvalue weighted by Crippen LogP contribution is 2.31. The zero-order valence-corrected chi connectivity index (χ0v) is 13.8. The summed E-state index contributed by atoms with van der Waals surface area (Å²) in [6, 6.07) is 8.25. The summed E-state index contributed by atoms with van der Waals surface area (Å²) in [6.07, 6.45) is 5.50. The molecule has 21 heavy (non-hydrogen) atoms. The van der Waals surface area contributed by atoms with Gasteiger partial charge in [0, 0.05) is 29.2 Å². The summed E-state index contributed by atoms with van der Waals surface area (Å²) in [4.78, 5) is 12.0. The first-order chi connectivity index (χ1) is 10.2. The van der Waals surface area contributed by atoms with Crippen LogP contribution >= 0.6 is 11.8 Å². The zero-order chi connectivity index (χ0) is 15.1. The molecule has 3 nitrogen and oxygen atoms in total. The molecule has 0 saturated heterocycles. The molecule has 1 aromatic rings. The molecule has 1 aliphatic carbocycles. The van der Waals surface area contributed by atoms with Gasteiger partial charge in [-0.1, -0.05) is 31.9 Å². The third-order valence-corrected chi connectivity index (χ3v) is 5.38. The van der Waals surface area contributed by atoms with Gasteiger partial charge in [0.05, 0.1) is 0 Å². The van der Waals surface area contributed by atoms with Gasteiger partial charge in [-0.05, 0) is 37.6 Å². The number of thioether (sulfide) groups is 1. The molecule has 1 unspecified atom stereocenters. The first-order valence-corrected chi connectivity index (χ1v) is 8.90. The van der Waals surface area contributed by atoms with Crippen LogP contribution in [-0.2, 0) is 10.5 Å². The number of benzene rings is 1. The van der Waals surface area contributed by atoms with Gasteiger partial charge in [-0.25, -0.2) is 0 Å². The predicted octanol–water partition coefficient (Wildman–Crippen LogP) is 3.66. The maximum Gasteiger partial charge on any atom is 0.228 e. The Morgan fingerprint density at radius 3 is 2.86 bits per heavy atom. The highest BCUT2D eigenvalue weighted by molar-refractivity contribution is 7.99. The number of hydrogen-bond donors (Lipinski definition) is 2. The quantitative estimate of drug-likeness (QED) is 0.808. The van der Waals surface area contributed by atoms with Gasteiger partial charge in [-0.3, -0.25) is 4.79 Å².